The van der Waals surface area contributed by atoms with Crippen LogP contribution < -0.4 is 5.32 Å². The quantitative estimate of drug-likeness (QED) is 0.766. The van der Waals surface area contributed by atoms with E-state index in [2.05, 4.69) is 10.1 Å². The van der Waals surface area contributed by atoms with E-state index in [0.29, 0.717) is 24.4 Å². The van der Waals surface area contributed by atoms with E-state index in [1.165, 1.54) is 7.11 Å². The topological polar surface area (TPSA) is 58.6 Å². The summed E-state index contributed by atoms with van der Waals surface area (Å²) in [6.45, 7) is 5.30. The highest BCUT2D eigenvalue weighted by atomic mass is 35.5. The molecule has 0 saturated carbocycles. The fourth-order valence-corrected chi connectivity index (χ4v) is 3.01. The number of ether oxygens (including phenoxy) is 1. The molecule has 0 spiro atoms. The highest BCUT2D eigenvalue weighted by Gasteiger charge is 2.42. The molecule has 1 aromatic carbocycles. The van der Waals surface area contributed by atoms with Crippen LogP contribution in [0.25, 0.3) is 0 Å². The first-order chi connectivity index (χ1) is 11.4. The van der Waals surface area contributed by atoms with Crippen molar-refractivity contribution in [1.29, 1.82) is 0 Å². The van der Waals surface area contributed by atoms with Crippen molar-refractivity contribution < 1.29 is 14.3 Å². The van der Waals surface area contributed by atoms with Gasteiger partial charge in [-0.1, -0.05) is 23.7 Å². The van der Waals surface area contributed by atoms with E-state index < -0.39 is 5.54 Å². The minimum atomic E-state index is -0.508. The van der Waals surface area contributed by atoms with Gasteiger partial charge in [-0.25, -0.2) is 0 Å². The third kappa shape index (κ3) is 4.28. The number of carbonyl (C=O) groups excluding carboxylic acids is 2. The highest BCUT2D eigenvalue weighted by Crippen LogP contribution is 2.28. The van der Waals surface area contributed by atoms with E-state index in [1.807, 2.05) is 43.0 Å². The molecule has 0 aromatic heterocycles. The van der Waals surface area contributed by atoms with Gasteiger partial charge in [-0.15, -0.1) is 0 Å². The zero-order valence-corrected chi connectivity index (χ0v) is 15.2. The van der Waals surface area contributed by atoms with Crippen LogP contribution in [0.2, 0.25) is 5.02 Å². The molecule has 2 rings (SSSR count). The lowest BCUT2D eigenvalue weighted by molar-refractivity contribution is -0.145. The number of rotatable bonds is 7. The number of hydrogen-bond donors (Lipinski definition) is 1. The summed E-state index contributed by atoms with van der Waals surface area (Å²) in [7, 11) is 1.38. The normalized spacial score (nSPS) is 20.8. The van der Waals surface area contributed by atoms with Gasteiger partial charge in [-0.2, -0.15) is 0 Å². The lowest BCUT2D eigenvalue weighted by Crippen LogP contribution is -2.64. The molecule has 0 aliphatic carbocycles. The van der Waals surface area contributed by atoms with E-state index in [-0.39, 0.29) is 17.9 Å². The molecule has 6 heteroatoms. The second-order valence-corrected chi connectivity index (χ2v) is 6.85. The van der Waals surface area contributed by atoms with Crippen molar-refractivity contribution in [2.45, 2.75) is 44.7 Å². The summed E-state index contributed by atoms with van der Waals surface area (Å²) < 4.78 is 4.68. The second kappa shape index (κ2) is 7.99. The Labute approximate surface area is 148 Å². The van der Waals surface area contributed by atoms with Crippen molar-refractivity contribution in [3.8, 4) is 0 Å². The van der Waals surface area contributed by atoms with Crippen molar-refractivity contribution in [2.24, 2.45) is 0 Å². The van der Waals surface area contributed by atoms with Crippen molar-refractivity contribution in [2.75, 3.05) is 20.2 Å². The standard InChI is InChI=1S/C18H25ClN2O3/c1-13(14-6-8-15(19)9-7-14)21(12-4-5-16(22)24-3)17(23)18(2)10-11-20-18/h6-9,13,20H,4-5,10-12H2,1-3H3/t13-,18-/m1/s1. The van der Waals surface area contributed by atoms with Gasteiger partial charge < -0.3 is 15.0 Å². The summed E-state index contributed by atoms with van der Waals surface area (Å²) in [5.74, 6) is -0.185. The molecule has 24 heavy (non-hydrogen) atoms. The lowest BCUT2D eigenvalue weighted by Gasteiger charge is -2.44. The van der Waals surface area contributed by atoms with E-state index in [9.17, 15) is 9.59 Å². The first kappa shape index (κ1) is 18.7. The first-order valence-electron chi connectivity index (χ1n) is 8.26. The minimum absolute atomic E-state index is 0.0704. The van der Waals surface area contributed by atoms with Crippen LogP contribution in [0.1, 0.15) is 44.7 Å². The van der Waals surface area contributed by atoms with E-state index in [0.717, 1.165) is 18.5 Å². The van der Waals surface area contributed by atoms with Crippen LogP contribution >= 0.6 is 11.6 Å². The molecule has 1 amide bonds. The molecule has 5 nitrogen and oxygen atoms in total. The zero-order valence-electron chi connectivity index (χ0n) is 14.5. The minimum Gasteiger partial charge on any atom is -0.469 e. The number of nitrogens with zero attached hydrogens (tertiary/aromatic N) is 1. The Balaban J connectivity index is 2.13. The second-order valence-electron chi connectivity index (χ2n) is 6.41. The molecule has 1 saturated heterocycles. The molecule has 1 aliphatic heterocycles. The molecule has 1 fully saturated rings. The van der Waals surface area contributed by atoms with Gasteiger partial charge in [-0.05, 0) is 50.9 Å². The van der Waals surface area contributed by atoms with Crippen LogP contribution in [0.15, 0.2) is 24.3 Å². The summed E-state index contributed by atoms with van der Waals surface area (Å²) in [6, 6.07) is 7.43. The number of esters is 1. The fourth-order valence-electron chi connectivity index (χ4n) is 2.89. The highest BCUT2D eigenvalue weighted by molar-refractivity contribution is 6.30. The van der Waals surface area contributed by atoms with Crippen molar-refractivity contribution >= 4 is 23.5 Å². The summed E-state index contributed by atoms with van der Waals surface area (Å²) in [5.41, 5.74) is 0.514. The molecule has 1 heterocycles. The van der Waals surface area contributed by atoms with Crippen LogP contribution in [0, 0.1) is 0 Å². The Morgan fingerprint density at radius 3 is 2.50 bits per heavy atom. The maximum atomic E-state index is 13.0. The third-order valence-corrected chi connectivity index (χ3v) is 4.95. The van der Waals surface area contributed by atoms with Crippen LogP contribution in [-0.2, 0) is 14.3 Å². The van der Waals surface area contributed by atoms with Crippen LogP contribution in [0.5, 0.6) is 0 Å². The average Bonchev–Trinajstić information content (AvgIpc) is 2.55. The maximum absolute atomic E-state index is 13.0. The van der Waals surface area contributed by atoms with Gasteiger partial charge in [0.2, 0.25) is 5.91 Å². The molecule has 1 aromatic rings. The predicted octanol–water partition coefficient (Wildman–Crippen LogP) is 2.93. The Hall–Kier alpha value is -1.59. The summed E-state index contributed by atoms with van der Waals surface area (Å²) >= 11 is 5.96. The molecule has 1 N–H and O–H groups in total. The van der Waals surface area contributed by atoms with E-state index in [4.69, 9.17) is 11.6 Å². The summed E-state index contributed by atoms with van der Waals surface area (Å²) in [4.78, 5) is 26.2. The molecule has 1 aliphatic rings. The molecular formula is C18H25ClN2O3. The van der Waals surface area contributed by atoms with Crippen LogP contribution in [0.4, 0.5) is 0 Å². The summed E-state index contributed by atoms with van der Waals surface area (Å²) in [5, 5.41) is 3.89. The van der Waals surface area contributed by atoms with Gasteiger partial charge >= 0.3 is 5.97 Å². The number of amides is 1. The molecule has 0 radical (unpaired) electrons. The number of benzene rings is 1. The Bertz CT molecular complexity index is 584. The van der Waals surface area contributed by atoms with Crippen LogP contribution in [-0.4, -0.2) is 42.5 Å². The van der Waals surface area contributed by atoms with Crippen LogP contribution in [0.3, 0.4) is 0 Å². The van der Waals surface area contributed by atoms with Crippen molar-refractivity contribution in [1.82, 2.24) is 10.2 Å². The van der Waals surface area contributed by atoms with E-state index in [1.54, 1.807) is 0 Å². The monoisotopic (exact) mass is 352 g/mol. The molecule has 2 atom stereocenters. The number of hydrogen-bond acceptors (Lipinski definition) is 4. The number of nitrogens with one attached hydrogen (secondary N) is 1. The molecule has 132 valence electrons. The number of halogens is 1. The zero-order chi connectivity index (χ0) is 17.7. The number of methoxy groups -OCH3 is 1. The van der Waals surface area contributed by atoms with Gasteiger partial charge in [0, 0.05) is 18.0 Å². The third-order valence-electron chi connectivity index (χ3n) is 4.70. The van der Waals surface area contributed by atoms with Gasteiger partial charge in [0.1, 0.15) is 0 Å². The van der Waals surface area contributed by atoms with Crippen molar-refractivity contribution in [3.63, 3.8) is 0 Å². The van der Waals surface area contributed by atoms with Gasteiger partial charge in [0.15, 0.2) is 0 Å². The first-order valence-corrected chi connectivity index (χ1v) is 8.63. The SMILES string of the molecule is COC(=O)CCCN(C(=O)[C@@]1(C)CCN1)[C@H](C)c1ccc(Cl)cc1. The van der Waals surface area contributed by atoms with Gasteiger partial charge in [-0.3, -0.25) is 9.59 Å². The largest absolute Gasteiger partial charge is 0.469 e. The molecular weight excluding hydrogens is 328 g/mol. The Morgan fingerprint density at radius 1 is 1.38 bits per heavy atom. The van der Waals surface area contributed by atoms with Crippen molar-refractivity contribution in [3.05, 3.63) is 34.9 Å². The molecule has 0 unspecified atom stereocenters. The van der Waals surface area contributed by atoms with Gasteiger partial charge in [0.25, 0.3) is 0 Å². The molecule has 0 bridgehead atoms. The number of carbonyl (C=O) groups is 2. The van der Waals surface area contributed by atoms with Gasteiger partial charge in [0.05, 0.1) is 18.7 Å². The van der Waals surface area contributed by atoms with E-state index >= 15 is 0 Å². The predicted molar refractivity (Wildman–Crippen MR) is 93.9 cm³/mol. The Morgan fingerprint density at radius 2 is 2.00 bits per heavy atom. The fraction of sp³-hybridized carbons (Fsp3) is 0.556. The smallest absolute Gasteiger partial charge is 0.305 e. The maximum Gasteiger partial charge on any atom is 0.305 e. The average molecular weight is 353 g/mol. The summed E-state index contributed by atoms with van der Waals surface area (Å²) in [6.07, 6.45) is 1.71. The lowest BCUT2D eigenvalue weighted by atomic mass is 9.87. The Kier molecular flexibility index (Phi) is 6.24.